The number of methoxy groups -OCH3 is 1. The zero-order valence-corrected chi connectivity index (χ0v) is 17.0. The first-order chi connectivity index (χ1) is 15.1. The van der Waals surface area contributed by atoms with Crippen molar-refractivity contribution in [1.29, 1.82) is 0 Å². The quantitative estimate of drug-likeness (QED) is 0.593. The van der Waals surface area contributed by atoms with Gasteiger partial charge in [0, 0.05) is 35.6 Å². The summed E-state index contributed by atoms with van der Waals surface area (Å²) in [4.78, 5) is 29.2. The predicted molar refractivity (Wildman–Crippen MR) is 114 cm³/mol. The smallest absolute Gasteiger partial charge is 0.310 e. The van der Waals surface area contributed by atoms with E-state index in [9.17, 15) is 9.59 Å². The Morgan fingerprint density at radius 2 is 1.97 bits per heavy atom. The van der Waals surface area contributed by atoms with Gasteiger partial charge in [-0.1, -0.05) is 42.5 Å². The number of nitrogens with zero attached hydrogens (tertiary/aromatic N) is 1. The van der Waals surface area contributed by atoms with Crippen LogP contribution in [0.3, 0.4) is 0 Å². The summed E-state index contributed by atoms with van der Waals surface area (Å²) >= 11 is 0. The zero-order valence-electron chi connectivity index (χ0n) is 17.0. The minimum Gasteiger partial charge on any atom is -0.493 e. The van der Waals surface area contributed by atoms with Crippen molar-refractivity contribution >= 4 is 17.6 Å². The number of hydrogen-bond acceptors (Lipinski definition) is 6. The van der Waals surface area contributed by atoms with Gasteiger partial charge in [0.1, 0.15) is 6.61 Å². The fraction of sp³-hybridized carbons (Fsp3) is 0.208. The van der Waals surface area contributed by atoms with Gasteiger partial charge in [-0.05, 0) is 17.7 Å². The summed E-state index contributed by atoms with van der Waals surface area (Å²) in [6, 6.07) is 16.7. The molecule has 7 nitrogen and oxygen atoms in total. The number of rotatable bonds is 7. The summed E-state index contributed by atoms with van der Waals surface area (Å²) in [5.41, 5.74) is 2.90. The van der Waals surface area contributed by atoms with Gasteiger partial charge in [-0.25, -0.2) is 0 Å². The molecular weight excluding hydrogens is 396 g/mol. The molecule has 1 aliphatic heterocycles. The highest BCUT2D eigenvalue weighted by Crippen LogP contribution is 2.37. The minimum atomic E-state index is -0.683. The van der Waals surface area contributed by atoms with E-state index in [-0.39, 0.29) is 18.9 Å². The maximum Gasteiger partial charge on any atom is 0.310 e. The molecule has 0 saturated heterocycles. The molecule has 3 aromatic rings. The second-order valence-corrected chi connectivity index (χ2v) is 7.10. The molecule has 0 spiro atoms. The van der Waals surface area contributed by atoms with Crippen molar-refractivity contribution in [3.05, 3.63) is 83.7 Å². The van der Waals surface area contributed by atoms with E-state index < -0.39 is 12.1 Å². The monoisotopic (exact) mass is 418 g/mol. The van der Waals surface area contributed by atoms with Crippen LogP contribution in [0.15, 0.2) is 67.0 Å². The van der Waals surface area contributed by atoms with E-state index in [1.807, 2.05) is 42.5 Å². The molecule has 1 N–H and O–H groups in total. The Morgan fingerprint density at radius 1 is 1.13 bits per heavy atom. The lowest BCUT2D eigenvalue weighted by atomic mass is 10.1. The molecule has 2 heterocycles. The Hall–Kier alpha value is -3.87. The van der Waals surface area contributed by atoms with Crippen LogP contribution in [-0.4, -0.2) is 30.1 Å². The number of amides is 1. The van der Waals surface area contributed by atoms with Gasteiger partial charge in [-0.15, -0.1) is 0 Å². The number of ether oxygens (including phenoxy) is 3. The first-order valence-electron chi connectivity index (χ1n) is 9.90. The molecule has 0 radical (unpaired) electrons. The van der Waals surface area contributed by atoms with E-state index in [1.165, 1.54) is 0 Å². The molecule has 7 heteroatoms. The van der Waals surface area contributed by atoms with Gasteiger partial charge in [0.2, 0.25) is 0 Å². The lowest BCUT2D eigenvalue weighted by Gasteiger charge is -2.14. The van der Waals surface area contributed by atoms with E-state index in [0.717, 1.165) is 11.1 Å². The molecule has 2 aromatic carbocycles. The second-order valence-electron chi connectivity index (χ2n) is 7.10. The first kappa shape index (κ1) is 20.4. The summed E-state index contributed by atoms with van der Waals surface area (Å²) in [6.07, 6.45) is 2.86. The maximum absolute atomic E-state index is 12.8. The Balaban J connectivity index is 1.38. The van der Waals surface area contributed by atoms with Crippen LogP contribution in [0.1, 0.15) is 16.7 Å². The summed E-state index contributed by atoms with van der Waals surface area (Å²) in [5, 5.41) is 2.85. The van der Waals surface area contributed by atoms with Gasteiger partial charge < -0.3 is 19.5 Å². The third kappa shape index (κ3) is 4.83. The molecule has 0 aliphatic carbocycles. The van der Waals surface area contributed by atoms with Crippen LogP contribution in [0, 0.1) is 0 Å². The Bertz CT molecular complexity index is 1080. The highest BCUT2D eigenvalue weighted by molar-refractivity contribution is 5.96. The van der Waals surface area contributed by atoms with Gasteiger partial charge in [0.25, 0.3) is 5.91 Å². The molecule has 0 fully saturated rings. The number of carbonyl (C=O) groups excluding carboxylic acids is 2. The average Bonchev–Trinajstić information content (AvgIpc) is 3.24. The predicted octanol–water partition coefficient (Wildman–Crippen LogP) is 3.32. The third-order valence-electron chi connectivity index (χ3n) is 4.98. The third-order valence-corrected chi connectivity index (χ3v) is 4.98. The topological polar surface area (TPSA) is 86.8 Å². The molecule has 1 atom stereocenters. The van der Waals surface area contributed by atoms with E-state index >= 15 is 0 Å². The summed E-state index contributed by atoms with van der Waals surface area (Å²) in [7, 11) is 1.56. The number of carbonyl (C=O) groups is 2. The highest BCUT2D eigenvalue weighted by Gasteiger charge is 2.31. The highest BCUT2D eigenvalue weighted by atomic mass is 16.5. The molecule has 0 saturated carbocycles. The molecule has 1 aliphatic rings. The van der Waals surface area contributed by atoms with Gasteiger partial charge in [0.15, 0.2) is 17.6 Å². The Kier molecular flexibility index (Phi) is 6.12. The van der Waals surface area contributed by atoms with Gasteiger partial charge >= 0.3 is 5.97 Å². The van der Waals surface area contributed by atoms with Crippen molar-refractivity contribution in [3.63, 3.8) is 0 Å². The second kappa shape index (κ2) is 9.30. The number of pyridine rings is 1. The van der Waals surface area contributed by atoms with Gasteiger partial charge in [-0.3, -0.25) is 14.6 Å². The number of esters is 1. The van der Waals surface area contributed by atoms with Crippen molar-refractivity contribution < 1.29 is 23.8 Å². The first-order valence-corrected chi connectivity index (χ1v) is 9.90. The molecule has 1 aromatic heterocycles. The molecule has 4 rings (SSSR count). The van der Waals surface area contributed by atoms with Crippen molar-refractivity contribution in [2.24, 2.45) is 0 Å². The van der Waals surface area contributed by atoms with Gasteiger partial charge in [0.05, 0.1) is 13.5 Å². The lowest BCUT2D eigenvalue weighted by Crippen LogP contribution is -2.32. The average molecular weight is 418 g/mol. The fourth-order valence-corrected chi connectivity index (χ4v) is 3.39. The molecule has 1 unspecified atom stereocenters. The normalized spacial score (nSPS) is 14.3. The van der Waals surface area contributed by atoms with Crippen molar-refractivity contribution in [2.75, 3.05) is 12.4 Å². The van der Waals surface area contributed by atoms with Crippen LogP contribution < -0.4 is 14.8 Å². The van der Waals surface area contributed by atoms with Crippen LogP contribution in [-0.2, 0) is 33.8 Å². The van der Waals surface area contributed by atoms with Crippen LogP contribution in [0.4, 0.5) is 5.69 Å². The lowest BCUT2D eigenvalue weighted by molar-refractivity contribution is -0.144. The largest absolute Gasteiger partial charge is 0.493 e. The molecule has 31 heavy (non-hydrogen) atoms. The number of fused-ring (bicyclic) bond motifs is 1. The van der Waals surface area contributed by atoms with Crippen molar-refractivity contribution in [3.8, 4) is 11.5 Å². The minimum absolute atomic E-state index is 0.00411. The summed E-state index contributed by atoms with van der Waals surface area (Å²) in [5.74, 6) is 0.480. The van der Waals surface area contributed by atoms with Crippen LogP contribution in [0.2, 0.25) is 0 Å². The molecular formula is C24H22N2O5. The van der Waals surface area contributed by atoms with E-state index in [0.29, 0.717) is 29.2 Å². The summed E-state index contributed by atoms with van der Waals surface area (Å²) < 4.78 is 16.5. The van der Waals surface area contributed by atoms with Crippen LogP contribution in [0.25, 0.3) is 0 Å². The number of anilines is 1. The maximum atomic E-state index is 12.8. The van der Waals surface area contributed by atoms with Crippen LogP contribution in [0.5, 0.6) is 11.5 Å². The SMILES string of the molecule is COc1cccc2c1OC(C(=O)Nc1ccncc1CC(=O)OCc1ccccc1)C2. The number of para-hydroxylation sites is 1. The molecule has 0 bridgehead atoms. The fourth-order valence-electron chi connectivity index (χ4n) is 3.39. The van der Waals surface area contributed by atoms with E-state index in [4.69, 9.17) is 14.2 Å². The zero-order chi connectivity index (χ0) is 21.6. The van der Waals surface area contributed by atoms with Crippen molar-refractivity contribution in [1.82, 2.24) is 4.98 Å². The standard InChI is InChI=1S/C24H22N2O5/c1-29-20-9-5-8-17-12-21(31-23(17)20)24(28)26-19-10-11-25-14-18(19)13-22(27)30-15-16-6-3-2-4-7-16/h2-11,14,21H,12-13,15H2,1H3,(H,25,26,28). The number of aromatic nitrogens is 1. The summed E-state index contributed by atoms with van der Waals surface area (Å²) in [6.45, 7) is 0.192. The number of benzene rings is 2. The van der Waals surface area contributed by atoms with E-state index in [2.05, 4.69) is 10.3 Å². The Labute approximate surface area is 180 Å². The van der Waals surface area contributed by atoms with E-state index in [1.54, 1.807) is 31.6 Å². The molecule has 158 valence electrons. The van der Waals surface area contributed by atoms with Crippen molar-refractivity contribution in [2.45, 2.75) is 25.6 Å². The number of nitrogens with one attached hydrogen (secondary N) is 1. The number of hydrogen-bond donors (Lipinski definition) is 1. The van der Waals surface area contributed by atoms with Gasteiger partial charge in [-0.2, -0.15) is 0 Å². The van der Waals surface area contributed by atoms with Crippen LogP contribution >= 0.6 is 0 Å². The molecule has 1 amide bonds. The Morgan fingerprint density at radius 3 is 2.77 bits per heavy atom.